The number of likely N-dealkylation sites (N-methyl/N-ethyl adjacent to an activating group) is 1. The summed E-state index contributed by atoms with van der Waals surface area (Å²) in [5.74, 6) is -1.14. The number of nitrogen functional groups attached to an aromatic ring is 1. The van der Waals surface area contributed by atoms with Gasteiger partial charge in [-0.05, 0) is 18.2 Å². The Morgan fingerprint density at radius 3 is 2.61 bits per heavy atom. The Bertz CT molecular complexity index is 557. The fourth-order valence-electron chi connectivity index (χ4n) is 1.13. The van der Waals surface area contributed by atoms with Crippen molar-refractivity contribution in [3.8, 4) is 0 Å². The maximum absolute atomic E-state index is 13.0. The highest BCUT2D eigenvalue weighted by atomic mass is 32.2. The average Bonchev–Trinajstić information content (AvgIpc) is 2.29. The summed E-state index contributed by atoms with van der Waals surface area (Å²) in [4.78, 5) is 12.1. The number of anilines is 1. The van der Waals surface area contributed by atoms with Gasteiger partial charge < -0.3 is 10.6 Å². The van der Waals surface area contributed by atoms with E-state index in [1.807, 2.05) is 0 Å². The fraction of sp³-hybridized carbons (Fsp3) is 0.300. The second kappa shape index (κ2) is 5.32. The van der Waals surface area contributed by atoms with Gasteiger partial charge in [0.25, 0.3) is 0 Å². The predicted octanol–water partition coefficient (Wildman–Crippen LogP) is -0.226. The van der Waals surface area contributed by atoms with E-state index in [0.29, 0.717) is 0 Å². The molecular formula is C10H14FN3O3S. The van der Waals surface area contributed by atoms with Gasteiger partial charge in [-0.1, -0.05) is 0 Å². The van der Waals surface area contributed by atoms with Crippen molar-refractivity contribution in [3.05, 3.63) is 24.0 Å². The standard InChI is InChI=1S/C10H14FN3O3S/c1-14(2)10(15)6-13-18(16,17)9-5-7(11)3-4-8(9)12/h3-5,13H,6,12H2,1-2H3. The zero-order chi connectivity index (χ0) is 13.9. The Kier molecular flexibility index (Phi) is 4.25. The van der Waals surface area contributed by atoms with E-state index in [1.54, 1.807) is 0 Å². The molecule has 0 bridgehead atoms. The van der Waals surface area contributed by atoms with Gasteiger partial charge in [0.15, 0.2) is 0 Å². The Morgan fingerprint density at radius 1 is 1.44 bits per heavy atom. The van der Waals surface area contributed by atoms with E-state index in [9.17, 15) is 17.6 Å². The van der Waals surface area contributed by atoms with E-state index in [1.165, 1.54) is 19.0 Å². The van der Waals surface area contributed by atoms with Crippen LogP contribution in [0.25, 0.3) is 0 Å². The fourth-order valence-corrected chi connectivity index (χ4v) is 2.25. The second-order valence-electron chi connectivity index (χ2n) is 3.79. The molecular weight excluding hydrogens is 261 g/mol. The smallest absolute Gasteiger partial charge is 0.243 e. The maximum atomic E-state index is 13.0. The van der Waals surface area contributed by atoms with E-state index < -0.39 is 28.3 Å². The Morgan fingerprint density at radius 2 is 2.06 bits per heavy atom. The summed E-state index contributed by atoms with van der Waals surface area (Å²) in [6, 6.07) is 3.01. The van der Waals surface area contributed by atoms with Crippen molar-refractivity contribution in [3.63, 3.8) is 0 Å². The first-order chi connectivity index (χ1) is 8.24. The molecule has 0 aliphatic heterocycles. The van der Waals surface area contributed by atoms with Crippen molar-refractivity contribution in [1.29, 1.82) is 0 Å². The lowest BCUT2D eigenvalue weighted by Gasteiger charge is -2.12. The number of amides is 1. The van der Waals surface area contributed by atoms with Gasteiger partial charge >= 0.3 is 0 Å². The molecule has 0 spiro atoms. The summed E-state index contributed by atoms with van der Waals surface area (Å²) < 4.78 is 38.6. The molecule has 0 aliphatic rings. The highest BCUT2D eigenvalue weighted by Gasteiger charge is 2.19. The van der Waals surface area contributed by atoms with Crippen LogP contribution in [0, 0.1) is 5.82 Å². The molecule has 0 atom stereocenters. The third-order valence-corrected chi connectivity index (χ3v) is 3.63. The molecule has 0 saturated heterocycles. The Hall–Kier alpha value is -1.67. The number of carbonyl (C=O) groups excluding carboxylic acids is 1. The number of nitrogens with one attached hydrogen (secondary N) is 1. The largest absolute Gasteiger partial charge is 0.398 e. The van der Waals surface area contributed by atoms with Gasteiger partial charge in [-0.2, -0.15) is 0 Å². The quantitative estimate of drug-likeness (QED) is 0.743. The maximum Gasteiger partial charge on any atom is 0.243 e. The number of hydrogen-bond donors (Lipinski definition) is 2. The summed E-state index contributed by atoms with van der Waals surface area (Å²) in [6.07, 6.45) is 0. The molecule has 0 saturated carbocycles. The van der Waals surface area contributed by atoms with Gasteiger partial charge in [0.2, 0.25) is 15.9 Å². The van der Waals surface area contributed by atoms with Crippen molar-refractivity contribution in [2.24, 2.45) is 0 Å². The van der Waals surface area contributed by atoms with Crippen molar-refractivity contribution < 1.29 is 17.6 Å². The third-order valence-electron chi connectivity index (χ3n) is 2.18. The van der Waals surface area contributed by atoms with Crippen molar-refractivity contribution in [2.45, 2.75) is 4.90 Å². The third kappa shape index (κ3) is 3.41. The van der Waals surface area contributed by atoms with Crippen molar-refractivity contribution in [1.82, 2.24) is 9.62 Å². The number of benzene rings is 1. The van der Waals surface area contributed by atoms with Crippen LogP contribution in [0.2, 0.25) is 0 Å². The van der Waals surface area contributed by atoms with E-state index in [2.05, 4.69) is 4.72 Å². The van der Waals surface area contributed by atoms with Gasteiger partial charge in [0.1, 0.15) is 10.7 Å². The summed E-state index contributed by atoms with van der Waals surface area (Å²) >= 11 is 0. The molecule has 0 radical (unpaired) electrons. The minimum Gasteiger partial charge on any atom is -0.398 e. The van der Waals surface area contributed by atoms with E-state index in [0.717, 1.165) is 18.2 Å². The minimum atomic E-state index is -4.00. The van der Waals surface area contributed by atoms with Crippen LogP contribution in [-0.4, -0.2) is 39.9 Å². The SMILES string of the molecule is CN(C)C(=O)CNS(=O)(=O)c1cc(F)ccc1N. The molecule has 0 heterocycles. The molecule has 100 valence electrons. The molecule has 1 aromatic carbocycles. The Labute approximate surface area is 105 Å². The van der Waals surface area contributed by atoms with Crippen LogP contribution in [0.5, 0.6) is 0 Å². The molecule has 0 fully saturated rings. The lowest BCUT2D eigenvalue weighted by atomic mass is 10.3. The van der Waals surface area contributed by atoms with Gasteiger partial charge in [-0.3, -0.25) is 4.79 Å². The predicted molar refractivity (Wildman–Crippen MR) is 64.7 cm³/mol. The average molecular weight is 275 g/mol. The molecule has 1 rings (SSSR count). The molecule has 3 N–H and O–H groups in total. The van der Waals surface area contributed by atoms with Gasteiger partial charge in [0.05, 0.1) is 12.2 Å². The van der Waals surface area contributed by atoms with Crippen LogP contribution in [-0.2, 0) is 14.8 Å². The molecule has 1 amide bonds. The van der Waals surface area contributed by atoms with Crippen molar-refractivity contribution in [2.75, 3.05) is 26.4 Å². The molecule has 18 heavy (non-hydrogen) atoms. The molecule has 6 nitrogen and oxygen atoms in total. The van der Waals surface area contributed by atoms with E-state index in [4.69, 9.17) is 5.73 Å². The zero-order valence-corrected chi connectivity index (χ0v) is 10.8. The summed E-state index contributed by atoms with van der Waals surface area (Å²) in [5, 5.41) is 0. The molecule has 0 aromatic heterocycles. The van der Waals surface area contributed by atoms with Crippen LogP contribution < -0.4 is 10.5 Å². The lowest BCUT2D eigenvalue weighted by Crippen LogP contribution is -2.36. The van der Waals surface area contributed by atoms with Gasteiger partial charge in [0, 0.05) is 14.1 Å². The molecule has 8 heteroatoms. The van der Waals surface area contributed by atoms with Crippen molar-refractivity contribution >= 4 is 21.6 Å². The first-order valence-electron chi connectivity index (χ1n) is 4.99. The van der Waals surface area contributed by atoms with Gasteiger partial charge in [-0.25, -0.2) is 17.5 Å². The topological polar surface area (TPSA) is 92.5 Å². The highest BCUT2D eigenvalue weighted by molar-refractivity contribution is 7.89. The zero-order valence-electron chi connectivity index (χ0n) is 9.97. The summed E-state index contributed by atoms with van der Waals surface area (Å²) in [6.45, 7) is -0.411. The number of nitrogens with two attached hydrogens (primary N) is 1. The number of carbonyl (C=O) groups is 1. The number of halogens is 1. The minimum absolute atomic E-state index is 0.0822. The van der Waals surface area contributed by atoms with Crippen LogP contribution in [0.4, 0.5) is 10.1 Å². The normalized spacial score (nSPS) is 11.3. The van der Waals surface area contributed by atoms with E-state index in [-0.39, 0.29) is 10.6 Å². The van der Waals surface area contributed by atoms with Crippen LogP contribution >= 0.6 is 0 Å². The number of nitrogens with zero attached hydrogens (tertiary/aromatic N) is 1. The lowest BCUT2D eigenvalue weighted by molar-refractivity contribution is -0.127. The van der Waals surface area contributed by atoms with Crippen LogP contribution in [0.1, 0.15) is 0 Å². The number of rotatable bonds is 4. The summed E-state index contributed by atoms with van der Waals surface area (Å²) in [5.41, 5.74) is 5.38. The number of hydrogen-bond acceptors (Lipinski definition) is 4. The number of sulfonamides is 1. The molecule has 1 aromatic rings. The summed E-state index contributed by atoms with van der Waals surface area (Å²) in [7, 11) is -1.02. The monoisotopic (exact) mass is 275 g/mol. The molecule has 0 aliphatic carbocycles. The van der Waals surface area contributed by atoms with Crippen LogP contribution in [0.15, 0.2) is 23.1 Å². The molecule has 0 unspecified atom stereocenters. The second-order valence-corrected chi connectivity index (χ2v) is 5.53. The van der Waals surface area contributed by atoms with Gasteiger partial charge in [-0.15, -0.1) is 0 Å². The first-order valence-corrected chi connectivity index (χ1v) is 6.47. The van der Waals surface area contributed by atoms with Crippen LogP contribution in [0.3, 0.4) is 0 Å². The first kappa shape index (κ1) is 14.4. The highest BCUT2D eigenvalue weighted by Crippen LogP contribution is 2.18. The Balaban J connectivity index is 2.93. The van der Waals surface area contributed by atoms with E-state index >= 15 is 0 Å².